The molecule has 0 spiro atoms. The van der Waals surface area contributed by atoms with Gasteiger partial charge >= 0.3 is 6.61 Å². The molecule has 0 aliphatic carbocycles. The first-order chi connectivity index (χ1) is 6.91. The van der Waals surface area contributed by atoms with Crippen LogP contribution in [-0.2, 0) is 0 Å². The van der Waals surface area contributed by atoms with Gasteiger partial charge in [0.1, 0.15) is 10.8 Å². The highest BCUT2D eigenvalue weighted by atomic mass is 35.5. The van der Waals surface area contributed by atoms with Crippen LogP contribution in [0.5, 0.6) is 5.75 Å². The molecule has 0 N–H and O–H groups in total. The molecule has 0 amide bonds. The van der Waals surface area contributed by atoms with Crippen molar-refractivity contribution in [3.8, 4) is 5.75 Å². The fourth-order valence-electron chi connectivity index (χ4n) is 0.949. The second kappa shape index (κ2) is 4.77. The van der Waals surface area contributed by atoms with Crippen molar-refractivity contribution in [1.82, 2.24) is 0 Å². The molecule has 82 valence electrons. The molecule has 0 aliphatic rings. The van der Waals surface area contributed by atoms with E-state index in [0.29, 0.717) is 0 Å². The van der Waals surface area contributed by atoms with Gasteiger partial charge in [-0.05, 0) is 19.1 Å². The first kappa shape index (κ1) is 12.2. The summed E-state index contributed by atoms with van der Waals surface area (Å²) in [6, 6.07) is 2.42. The molecule has 0 aromatic heterocycles. The van der Waals surface area contributed by atoms with E-state index >= 15 is 0 Å². The van der Waals surface area contributed by atoms with Crippen molar-refractivity contribution in [2.45, 2.75) is 13.5 Å². The van der Waals surface area contributed by atoms with Crippen LogP contribution in [0.3, 0.4) is 0 Å². The summed E-state index contributed by atoms with van der Waals surface area (Å²) in [4.78, 5) is 11.0. The molecule has 15 heavy (non-hydrogen) atoms. The third-order valence-corrected chi connectivity index (χ3v) is 2.40. The lowest BCUT2D eigenvalue weighted by Gasteiger charge is -2.09. The van der Waals surface area contributed by atoms with Gasteiger partial charge in [-0.3, -0.25) is 4.79 Å². The Hall–Kier alpha value is -0.870. The molecule has 1 aromatic carbocycles. The van der Waals surface area contributed by atoms with E-state index in [1.165, 1.54) is 13.0 Å². The van der Waals surface area contributed by atoms with Gasteiger partial charge in [0.25, 0.3) is 0 Å². The van der Waals surface area contributed by atoms with Crippen LogP contribution in [0.2, 0.25) is 10.0 Å². The molecule has 0 bridgehead atoms. The summed E-state index contributed by atoms with van der Waals surface area (Å²) in [5.41, 5.74) is 0.167. The minimum absolute atomic E-state index is 0.0000154. The summed E-state index contributed by atoms with van der Waals surface area (Å²) in [6.45, 7) is -1.73. The monoisotopic (exact) mass is 254 g/mol. The Labute approximate surface area is 94.7 Å². The molecule has 0 radical (unpaired) electrons. The Balaban J connectivity index is 3.19. The van der Waals surface area contributed by atoms with Gasteiger partial charge in [0.2, 0.25) is 0 Å². The van der Waals surface area contributed by atoms with E-state index in [1.54, 1.807) is 0 Å². The van der Waals surface area contributed by atoms with Crippen molar-refractivity contribution in [1.29, 1.82) is 0 Å². The van der Waals surface area contributed by atoms with Crippen LogP contribution in [0.25, 0.3) is 0 Å². The summed E-state index contributed by atoms with van der Waals surface area (Å²) in [7, 11) is 0. The SMILES string of the molecule is CC(=O)c1cc(Cl)c(Cl)c(OC(F)F)c1. The normalized spacial score (nSPS) is 10.5. The standard InChI is InChI=1S/C9H6Cl2F2O2/c1-4(14)5-2-6(10)8(11)7(3-5)15-9(12)13/h2-3,9H,1H3. The van der Waals surface area contributed by atoms with Crippen molar-refractivity contribution in [3.05, 3.63) is 27.7 Å². The van der Waals surface area contributed by atoms with Gasteiger partial charge in [-0.1, -0.05) is 23.2 Å². The molecular formula is C9H6Cl2F2O2. The van der Waals surface area contributed by atoms with Crippen LogP contribution in [0, 0.1) is 0 Å². The van der Waals surface area contributed by atoms with Crippen LogP contribution in [0.4, 0.5) is 8.78 Å². The molecule has 1 rings (SSSR count). The van der Waals surface area contributed by atoms with Gasteiger partial charge in [0.05, 0.1) is 5.02 Å². The van der Waals surface area contributed by atoms with Crippen LogP contribution in [-0.4, -0.2) is 12.4 Å². The van der Waals surface area contributed by atoms with Crippen molar-refractivity contribution in [2.75, 3.05) is 0 Å². The van der Waals surface area contributed by atoms with Gasteiger partial charge in [-0.2, -0.15) is 8.78 Å². The quantitative estimate of drug-likeness (QED) is 0.768. The van der Waals surface area contributed by atoms with Gasteiger partial charge in [0, 0.05) is 5.56 Å². The van der Waals surface area contributed by atoms with E-state index in [9.17, 15) is 13.6 Å². The fraction of sp³-hybridized carbons (Fsp3) is 0.222. The van der Waals surface area contributed by atoms with Gasteiger partial charge < -0.3 is 4.74 Å². The summed E-state index contributed by atoms with van der Waals surface area (Å²) in [5.74, 6) is -0.614. The van der Waals surface area contributed by atoms with Crippen molar-refractivity contribution in [3.63, 3.8) is 0 Å². The number of carbonyl (C=O) groups excluding carboxylic acids is 1. The molecule has 0 unspecified atom stereocenters. The zero-order valence-corrected chi connectivity index (χ0v) is 9.07. The van der Waals surface area contributed by atoms with Crippen molar-refractivity contribution in [2.24, 2.45) is 0 Å². The fourth-order valence-corrected chi connectivity index (χ4v) is 1.31. The second-order valence-electron chi connectivity index (χ2n) is 2.70. The summed E-state index contributed by atoms with van der Waals surface area (Å²) < 4.78 is 28.0. The molecule has 2 nitrogen and oxygen atoms in total. The Morgan fingerprint density at radius 3 is 2.47 bits per heavy atom. The predicted molar refractivity (Wildman–Crippen MR) is 53.1 cm³/mol. The Bertz CT molecular complexity index is 394. The molecule has 0 aliphatic heterocycles. The first-order valence-electron chi connectivity index (χ1n) is 3.86. The molecule has 0 saturated heterocycles. The average molecular weight is 255 g/mol. The van der Waals surface area contributed by atoms with E-state index in [1.807, 2.05) is 0 Å². The molecule has 0 fully saturated rings. The number of ketones is 1. The maximum Gasteiger partial charge on any atom is 0.387 e. The van der Waals surface area contributed by atoms with Gasteiger partial charge in [-0.25, -0.2) is 0 Å². The highest BCUT2D eigenvalue weighted by molar-refractivity contribution is 6.43. The zero-order valence-electron chi connectivity index (χ0n) is 7.56. The number of Topliss-reactive ketones (excluding diaryl/α,β-unsaturated/α-hetero) is 1. The van der Waals surface area contributed by atoms with E-state index in [4.69, 9.17) is 23.2 Å². The van der Waals surface area contributed by atoms with E-state index < -0.39 is 6.61 Å². The summed E-state index contributed by atoms with van der Waals surface area (Å²) in [5, 5.41) is -0.137. The van der Waals surface area contributed by atoms with Gasteiger partial charge in [0.15, 0.2) is 5.78 Å². The lowest BCUT2D eigenvalue weighted by molar-refractivity contribution is -0.0498. The molecule has 0 atom stereocenters. The zero-order chi connectivity index (χ0) is 11.6. The molecule has 6 heteroatoms. The van der Waals surface area contributed by atoms with Crippen LogP contribution < -0.4 is 4.74 Å². The summed E-state index contributed by atoms with van der Waals surface area (Å²) in [6.07, 6.45) is 0. The number of rotatable bonds is 3. The molecular weight excluding hydrogens is 249 g/mol. The summed E-state index contributed by atoms with van der Waals surface area (Å²) >= 11 is 11.2. The van der Waals surface area contributed by atoms with E-state index in [-0.39, 0.29) is 27.1 Å². The number of alkyl halides is 2. The molecule has 0 heterocycles. The Morgan fingerprint density at radius 2 is 2.00 bits per heavy atom. The van der Waals surface area contributed by atoms with Crippen molar-refractivity contribution < 1.29 is 18.3 Å². The minimum Gasteiger partial charge on any atom is -0.433 e. The number of ether oxygens (including phenoxy) is 1. The lowest BCUT2D eigenvalue weighted by atomic mass is 10.1. The number of benzene rings is 1. The third kappa shape index (κ3) is 3.04. The largest absolute Gasteiger partial charge is 0.433 e. The molecule has 0 saturated carbocycles. The first-order valence-corrected chi connectivity index (χ1v) is 4.62. The highest BCUT2D eigenvalue weighted by Crippen LogP contribution is 2.34. The Morgan fingerprint density at radius 1 is 1.40 bits per heavy atom. The maximum atomic E-state index is 12.0. The van der Waals surface area contributed by atoms with E-state index in [0.717, 1.165) is 6.07 Å². The molecule has 1 aromatic rings. The van der Waals surface area contributed by atoms with Crippen LogP contribution in [0.1, 0.15) is 17.3 Å². The van der Waals surface area contributed by atoms with Crippen LogP contribution in [0.15, 0.2) is 12.1 Å². The number of carbonyl (C=O) groups is 1. The minimum atomic E-state index is -3.01. The van der Waals surface area contributed by atoms with E-state index in [2.05, 4.69) is 4.74 Å². The van der Waals surface area contributed by atoms with Gasteiger partial charge in [-0.15, -0.1) is 0 Å². The number of hydrogen-bond donors (Lipinski definition) is 0. The highest BCUT2D eigenvalue weighted by Gasteiger charge is 2.14. The maximum absolute atomic E-state index is 12.0. The topological polar surface area (TPSA) is 26.3 Å². The smallest absolute Gasteiger partial charge is 0.387 e. The van der Waals surface area contributed by atoms with Crippen LogP contribution >= 0.6 is 23.2 Å². The lowest BCUT2D eigenvalue weighted by Crippen LogP contribution is -2.04. The average Bonchev–Trinajstić information content (AvgIpc) is 2.11. The van der Waals surface area contributed by atoms with Crippen molar-refractivity contribution >= 4 is 29.0 Å². The second-order valence-corrected chi connectivity index (χ2v) is 3.49. The number of hydrogen-bond acceptors (Lipinski definition) is 2. The predicted octanol–water partition coefficient (Wildman–Crippen LogP) is 3.80. The third-order valence-electron chi connectivity index (χ3n) is 1.62. The number of halogens is 4. The Kier molecular flexibility index (Phi) is 3.88.